The molecule has 2 aliphatic heterocycles. The summed E-state index contributed by atoms with van der Waals surface area (Å²) in [6.45, 7) is 6.54. The highest BCUT2D eigenvalue weighted by Crippen LogP contribution is 2.34. The lowest BCUT2D eigenvalue weighted by molar-refractivity contribution is 0.0222. The Hall–Kier alpha value is -2.42. The summed E-state index contributed by atoms with van der Waals surface area (Å²) >= 11 is 0. The molecule has 0 saturated heterocycles. The molecule has 9 nitrogen and oxygen atoms in total. The Morgan fingerprint density at radius 3 is 2.64 bits per heavy atom. The number of hydrogen-bond donors (Lipinski definition) is 1. The summed E-state index contributed by atoms with van der Waals surface area (Å²) in [5, 5.41) is 20.7. The summed E-state index contributed by atoms with van der Waals surface area (Å²) in [6, 6.07) is 0. The van der Waals surface area contributed by atoms with E-state index in [1.165, 1.54) is 5.01 Å². The van der Waals surface area contributed by atoms with Crippen molar-refractivity contribution in [2.24, 2.45) is 11.0 Å². The SMILES string of the molecule is CN1N=C(C(O)C2CC2)Cn2nc3c(c2C1=O)CN(C(=O)OC(C)(C)C)CC3. The molecule has 0 aromatic carbocycles. The molecule has 0 spiro atoms. The zero-order chi connectivity index (χ0) is 20.2. The van der Waals surface area contributed by atoms with Crippen molar-refractivity contribution < 1.29 is 19.4 Å². The van der Waals surface area contributed by atoms with Crippen molar-refractivity contribution in [2.75, 3.05) is 13.6 Å². The lowest BCUT2D eigenvalue weighted by Gasteiger charge is -2.30. The van der Waals surface area contributed by atoms with Crippen molar-refractivity contribution >= 4 is 17.7 Å². The van der Waals surface area contributed by atoms with Crippen molar-refractivity contribution in [3.63, 3.8) is 0 Å². The summed E-state index contributed by atoms with van der Waals surface area (Å²) in [7, 11) is 1.59. The smallest absolute Gasteiger partial charge is 0.410 e. The van der Waals surface area contributed by atoms with Gasteiger partial charge < -0.3 is 14.7 Å². The summed E-state index contributed by atoms with van der Waals surface area (Å²) in [5.74, 6) is -0.0607. The van der Waals surface area contributed by atoms with Crippen LogP contribution >= 0.6 is 0 Å². The lowest BCUT2D eigenvalue weighted by atomic mass is 10.0. The maximum absolute atomic E-state index is 13.0. The van der Waals surface area contributed by atoms with Crippen LogP contribution in [0.15, 0.2) is 5.10 Å². The molecule has 1 aromatic rings. The minimum absolute atomic E-state index is 0.219. The number of hydrogen-bond acceptors (Lipinski definition) is 6. The Labute approximate surface area is 163 Å². The van der Waals surface area contributed by atoms with E-state index in [0.717, 1.165) is 24.1 Å². The number of aliphatic hydroxyl groups excluding tert-OH is 1. The second kappa shape index (κ2) is 6.58. The number of aliphatic hydroxyl groups is 1. The van der Waals surface area contributed by atoms with E-state index in [1.54, 1.807) is 16.6 Å². The zero-order valence-corrected chi connectivity index (χ0v) is 16.8. The molecule has 1 aliphatic carbocycles. The fourth-order valence-corrected chi connectivity index (χ4v) is 3.68. The van der Waals surface area contributed by atoms with Crippen LogP contribution in [0.3, 0.4) is 0 Å². The Kier molecular flexibility index (Phi) is 4.45. The summed E-state index contributed by atoms with van der Waals surface area (Å²) < 4.78 is 7.11. The van der Waals surface area contributed by atoms with Gasteiger partial charge in [0.25, 0.3) is 5.91 Å². The van der Waals surface area contributed by atoms with Crippen LogP contribution in [0.25, 0.3) is 0 Å². The largest absolute Gasteiger partial charge is 0.444 e. The van der Waals surface area contributed by atoms with Gasteiger partial charge in [-0.3, -0.25) is 9.48 Å². The number of amides is 2. The summed E-state index contributed by atoms with van der Waals surface area (Å²) in [4.78, 5) is 27.1. The second-order valence-electron chi connectivity index (χ2n) is 8.79. The highest BCUT2D eigenvalue weighted by Gasteiger charge is 2.38. The number of carbonyl (C=O) groups excluding carboxylic acids is 2. The molecular formula is C19H27N5O4. The van der Waals surface area contributed by atoms with Crippen LogP contribution < -0.4 is 0 Å². The third-order valence-corrected chi connectivity index (χ3v) is 5.25. The first-order chi connectivity index (χ1) is 13.1. The van der Waals surface area contributed by atoms with E-state index in [4.69, 9.17) is 4.74 Å². The van der Waals surface area contributed by atoms with Gasteiger partial charge in [0.2, 0.25) is 0 Å². The van der Waals surface area contributed by atoms with Crippen molar-refractivity contribution in [2.45, 2.75) is 64.8 Å². The van der Waals surface area contributed by atoms with Crippen LogP contribution in [0.4, 0.5) is 4.79 Å². The van der Waals surface area contributed by atoms with Gasteiger partial charge in [0, 0.05) is 25.6 Å². The topological polar surface area (TPSA) is 100 Å². The normalized spacial score (nSPS) is 20.9. The Morgan fingerprint density at radius 2 is 2.00 bits per heavy atom. The number of carbonyl (C=O) groups is 2. The number of ether oxygens (including phenoxy) is 1. The first kappa shape index (κ1) is 18.9. The van der Waals surface area contributed by atoms with Crippen LogP contribution in [-0.4, -0.2) is 67.8 Å². The standard InChI is InChI=1S/C19H27N5O4/c1-19(2,3)28-18(27)23-8-7-13-12(9-23)15-17(26)22(4)20-14(10-24(15)21-13)16(25)11-5-6-11/h11,16,25H,5-10H2,1-4H3. The molecule has 3 heterocycles. The Bertz CT molecular complexity index is 849. The van der Waals surface area contributed by atoms with E-state index in [0.29, 0.717) is 24.4 Å². The van der Waals surface area contributed by atoms with Gasteiger partial charge in [0.15, 0.2) is 0 Å². The second-order valence-corrected chi connectivity index (χ2v) is 8.79. The predicted octanol–water partition coefficient (Wildman–Crippen LogP) is 1.39. The van der Waals surface area contributed by atoms with Crippen LogP contribution in [0, 0.1) is 5.92 Å². The van der Waals surface area contributed by atoms with Gasteiger partial charge >= 0.3 is 6.09 Å². The highest BCUT2D eigenvalue weighted by molar-refractivity contribution is 5.99. The van der Waals surface area contributed by atoms with E-state index >= 15 is 0 Å². The molecule has 4 rings (SSSR count). The van der Waals surface area contributed by atoms with Crippen molar-refractivity contribution in [3.8, 4) is 0 Å². The Balaban J connectivity index is 1.62. The zero-order valence-electron chi connectivity index (χ0n) is 16.8. The molecule has 1 fully saturated rings. The summed E-state index contributed by atoms with van der Waals surface area (Å²) in [5.41, 5.74) is 1.98. The Morgan fingerprint density at radius 1 is 1.29 bits per heavy atom. The fraction of sp³-hybridized carbons (Fsp3) is 0.684. The third kappa shape index (κ3) is 3.50. The molecule has 2 amide bonds. The monoisotopic (exact) mass is 389 g/mol. The molecule has 1 aromatic heterocycles. The number of aromatic nitrogens is 2. The average molecular weight is 389 g/mol. The quantitative estimate of drug-likeness (QED) is 0.824. The average Bonchev–Trinajstić information content (AvgIpc) is 3.40. The predicted molar refractivity (Wildman–Crippen MR) is 101 cm³/mol. The summed E-state index contributed by atoms with van der Waals surface area (Å²) in [6.07, 6.45) is 1.47. The minimum atomic E-state index is -0.652. The maximum Gasteiger partial charge on any atom is 0.410 e. The minimum Gasteiger partial charge on any atom is -0.444 e. The van der Waals surface area contributed by atoms with Crippen LogP contribution in [0.2, 0.25) is 0 Å². The van der Waals surface area contributed by atoms with E-state index < -0.39 is 17.8 Å². The molecule has 1 unspecified atom stereocenters. The molecule has 1 atom stereocenters. The molecule has 3 aliphatic rings. The van der Waals surface area contributed by atoms with Gasteiger partial charge in [0.1, 0.15) is 11.3 Å². The fourth-order valence-electron chi connectivity index (χ4n) is 3.68. The van der Waals surface area contributed by atoms with Crippen LogP contribution in [-0.2, 0) is 24.2 Å². The molecule has 1 saturated carbocycles. The van der Waals surface area contributed by atoms with Crippen molar-refractivity contribution in [1.82, 2.24) is 19.7 Å². The third-order valence-electron chi connectivity index (χ3n) is 5.25. The van der Waals surface area contributed by atoms with Gasteiger partial charge in [-0.05, 0) is 39.5 Å². The van der Waals surface area contributed by atoms with E-state index in [1.807, 2.05) is 20.8 Å². The molecular weight excluding hydrogens is 362 g/mol. The van der Waals surface area contributed by atoms with E-state index in [9.17, 15) is 14.7 Å². The molecule has 0 radical (unpaired) electrons. The van der Waals surface area contributed by atoms with E-state index in [2.05, 4.69) is 10.2 Å². The maximum atomic E-state index is 13.0. The first-order valence-corrected chi connectivity index (χ1v) is 9.74. The number of rotatable bonds is 2. The van der Waals surface area contributed by atoms with Gasteiger partial charge in [0.05, 0.1) is 30.6 Å². The van der Waals surface area contributed by atoms with Crippen LogP contribution in [0.5, 0.6) is 0 Å². The number of hydrazone groups is 1. The van der Waals surface area contributed by atoms with Gasteiger partial charge in [-0.2, -0.15) is 10.2 Å². The number of nitrogens with zero attached hydrogens (tertiary/aromatic N) is 5. The number of fused-ring (bicyclic) bond motifs is 3. The molecule has 0 bridgehead atoms. The molecule has 152 valence electrons. The first-order valence-electron chi connectivity index (χ1n) is 9.74. The highest BCUT2D eigenvalue weighted by atomic mass is 16.6. The lowest BCUT2D eigenvalue weighted by Crippen LogP contribution is -2.40. The molecule has 1 N–H and O–H groups in total. The van der Waals surface area contributed by atoms with Gasteiger partial charge in [-0.15, -0.1) is 0 Å². The van der Waals surface area contributed by atoms with Gasteiger partial charge in [-0.1, -0.05) is 0 Å². The molecule has 9 heteroatoms. The van der Waals surface area contributed by atoms with Crippen molar-refractivity contribution in [1.29, 1.82) is 0 Å². The van der Waals surface area contributed by atoms with Crippen molar-refractivity contribution in [3.05, 3.63) is 17.0 Å². The van der Waals surface area contributed by atoms with Gasteiger partial charge in [-0.25, -0.2) is 9.80 Å². The van der Waals surface area contributed by atoms with Crippen LogP contribution in [0.1, 0.15) is 55.4 Å². The molecule has 28 heavy (non-hydrogen) atoms. The van der Waals surface area contributed by atoms with E-state index in [-0.39, 0.29) is 24.9 Å².